The molecule has 1 saturated heterocycles. The number of carbonyl (C=O) groups is 2. The summed E-state index contributed by atoms with van der Waals surface area (Å²) in [4.78, 5) is 32.9. The molecule has 0 spiro atoms. The summed E-state index contributed by atoms with van der Waals surface area (Å²) in [6.07, 6.45) is 4.75. The van der Waals surface area contributed by atoms with Gasteiger partial charge in [0.25, 0.3) is 0 Å². The number of aromatic amines is 1. The van der Waals surface area contributed by atoms with Crippen molar-refractivity contribution >= 4 is 17.5 Å². The second-order valence-corrected chi connectivity index (χ2v) is 8.05. The van der Waals surface area contributed by atoms with Crippen LogP contribution >= 0.6 is 0 Å². The molecule has 30 heavy (non-hydrogen) atoms. The van der Waals surface area contributed by atoms with E-state index >= 15 is 0 Å². The van der Waals surface area contributed by atoms with Gasteiger partial charge >= 0.3 is 0 Å². The van der Waals surface area contributed by atoms with Crippen molar-refractivity contribution in [3.63, 3.8) is 0 Å². The van der Waals surface area contributed by atoms with Crippen LogP contribution in [0.5, 0.6) is 0 Å². The molecule has 2 aliphatic rings. The fourth-order valence-corrected chi connectivity index (χ4v) is 4.25. The Kier molecular flexibility index (Phi) is 4.93. The molecule has 6 heteroatoms. The molecule has 152 valence electrons. The fraction of sp³-hybridized carbons (Fsp3) is 0.292. The topological polar surface area (TPSA) is 86.9 Å². The second-order valence-electron chi connectivity index (χ2n) is 8.05. The van der Waals surface area contributed by atoms with Crippen LogP contribution in [0.4, 0.5) is 5.82 Å². The van der Waals surface area contributed by atoms with Gasteiger partial charge in [0.05, 0.1) is 11.6 Å². The predicted octanol–water partition coefficient (Wildman–Crippen LogP) is 3.34. The first kappa shape index (κ1) is 18.8. The zero-order valence-corrected chi connectivity index (χ0v) is 16.7. The maximum atomic E-state index is 12.8. The Bertz CT molecular complexity index is 1100. The summed E-state index contributed by atoms with van der Waals surface area (Å²) < 4.78 is 0. The van der Waals surface area contributed by atoms with Gasteiger partial charge in [-0.15, -0.1) is 0 Å². The number of aromatic nitrogens is 2. The van der Waals surface area contributed by atoms with Crippen molar-refractivity contribution in [2.75, 3.05) is 18.4 Å². The zero-order valence-electron chi connectivity index (χ0n) is 16.7. The van der Waals surface area contributed by atoms with Crippen LogP contribution in [0.2, 0.25) is 0 Å². The Balaban J connectivity index is 1.53. The van der Waals surface area contributed by atoms with E-state index in [-0.39, 0.29) is 17.6 Å². The summed E-state index contributed by atoms with van der Waals surface area (Å²) in [5.41, 5.74) is 5.95. The van der Waals surface area contributed by atoms with E-state index in [1.54, 1.807) is 6.20 Å². The lowest BCUT2D eigenvalue weighted by Crippen LogP contribution is -2.48. The number of ketones is 1. The van der Waals surface area contributed by atoms with E-state index in [4.69, 9.17) is 0 Å². The van der Waals surface area contributed by atoms with Gasteiger partial charge in [0, 0.05) is 48.9 Å². The molecule has 6 nitrogen and oxygen atoms in total. The number of benzene rings is 1. The molecule has 3 N–H and O–H groups in total. The van der Waals surface area contributed by atoms with Crippen molar-refractivity contribution < 1.29 is 9.59 Å². The van der Waals surface area contributed by atoms with Gasteiger partial charge in [-0.3, -0.25) is 9.59 Å². The van der Waals surface area contributed by atoms with Gasteiger partial charge in [-0.2, -0.15) is 0 Å². The second kappa shape index (κ2) is 7.88. The zero-order chi connectivity index (χ0) is 20.5. The van der Waals surface area contributed by atoms with E-state index in [0.717, 1.165) is 40.9 Å². The number of anilines is 1. The Morgan fingerprint density at radius 3 is 2.73 bits per heavy atom. The summed E-state index contributed by atoms with van der Waals surface area (Å²) in [5, 5.41) is 6.03. The number of nitrogens with one attached hydrogen (secondary N) is 3. The van der Waals surface area contributed by atoms with Crippen LogP contribution in [0.25, 0.3) is 11.3 Å². The highest BCUT2D eigenvalue weighted by Gasteiger charge is 2.27. The molecule has 0 unspecified atom stereocenters. The van der Waals surface area contributed by atoms with Crippen molar-refractivity contribution in [1.29, 1.82) is 0 Å². The van der Waals surface area contributed by atoms with Gasteiger partial charge in [-0.25, -0.2) is 4.98 Å². The molecule has 1 amide bonds. The minimum Gasteiger partial charge on any atom is -0.358 e. The molecule has 0 saturated carbocycles. The first-order valence-corrected chi connectivity index (χ1v) is 10.5. The van der Waals surface area contributed by atoms with Crippen molar-refractivity contribution in [2.24, 2.45) is 5.92 Å². The number of aryl methyl sites for hydroxylation is 1. The van der Waals surface area contributed by atoms with Gasteiger partial charge in [-0.05, 0) is 36.1 Å². The molecule has 0 atom stereocenters. The number of amides is 1. The number of Topliss-reactive ketones (excluding diaryl/α,β-unsaturated/α-hetero) is 1. The third-order valence-electron chi connectivity index (χ3n) is 5.97. The molecule has 1 aliphatic heterocycles. The predicted molar refractivity (Wildman–Crippen MR) is 116 cm³/mol. The quantitative estimate of drug-likeness (QED) is 0.613. The van der Waals surface area contributed by atoms with E-state index in [9.17, 15) is 9.59 Å². The summed E-state index contributed by atoms with van der Waals surface area (Å²) in [6, 6.07) is 14.0. The smallest absolute Gasteiger partial charge is 0.231 e. The fourth-order valence-electron chi connectivity index (χ4n) is 4.25. The minimum absolute atomic E-state index is 0.000444. The average molecular weight is 400 g/mol. The van der Waals surface area contributed by atoms with Crippen molar-refractivity contribution in [3.05, 3.63) is 71.0 Å². The third-order valence-corrected chi connectivity index (χ3v) is 5.97. The SMILES string of the molecule is O=C1CCCc2[nH]c(-c3ccnc(NC(=O)C4CNC4)c3)c(Cc3ccccc3)c21. The largest absolute Gasteiger partial charge is 0.358 e. The number of fused-ring (bicyclic) bond motifs is 1. The molecule has 1 aliphatic carbocycles. The first-order valence-electron chi connectivity index (χ1n) is 10.5. The lowest BCUT2D eigenvalue weighted by molar-refractivity contribution is -0.121. The van der Waals surface area contributed by atoms with Crippen LogP contribution < -0.4 is 10.6 Å². The van der Waals surface area contributed by atoms with Crippen molar-refractivity contribution in [3.8, 4) is 11.3 Å². The highest BCUT2D eigenvalue weighted by atomic mass is 16.2. The molecular weight excluding hydrogens is 376 g/mol. The van der Waals surface area contributed by atoms with E-state index < -0.39 is 0 Å². The maximum absolute atomic E-state index is 12.8. The molecule has 1 fully saturated rings. The van der Waals surface area contributed by atoms with E-state index in [1.807, 2.05) is 30.3 Å². The third kappa shape index (κ3) is 3.55. The highest BCUT2D eigenvalue weighted by molar-refractivity contribution is 6.01. The summed E-state index contributed by atoms with van der Waals surface area (Å²) in [7, 11) is 0. The first-order chi connectivity index (χ1) is 14.7. The molecule has 0 radical (unpaired) electrons. The monoisotopic (exact) mass is 400 g/mol. The Morgan fingerprint density at radius 2 is 1.97 bits per heavy atom. The normalized spacial score (nSPS) is 16.1. The number of hydrogen-bond donors (Lipinski definition) is 3. The number of nitrogens with zero attached hydrogens (tertiary/aromatic N) is 1. The van der Waals surface area contributed by atoms with Gasteiger partial charge in [-0.1, -0.05) is 30.3 Å². The number of rotatable bonds is 5. The van der Waals surface area contributed by atoms with Gasteiger partial charge < -0.3 is 15.6 Å². The highest BCUT2D eigenvalue weighted by Crippen LogP contribution is 2.35. The summed E-state index contributed by atoms with van der Waals surface area (Å²) in [6.45, 7) is 1.41. The minimum atomic E-state index is -0.0103. The van der Waals surface area contributed by atoms with Gasteiger partial charge in [0.1, 0.15) is 5.82 Å². The number of pyridine rings is 1. The summed E-state index contributed by atoms with van der Waals surface area (Å²) in [5.74, 6) is 0.738. The Hall–Kier alpha value is -3.25. The van der Waals surface area contributed by atoms with Crippen LogP contribution in [-0.2, 0) is 17.6 Å². The average Bonchev–Trinajstić information content (AvgIpc) is 3.07. The number of H-pyrrole nitrogens is 1. The van der Waals surface area contributed by atoms with E-state index in [0.29, 0.717) is 31.7 Å². The lowest BCUT2D eigenvalue weighted by Gasteiger charge is -2.25. The van der Waals surface area contributed by atoms with Crippen LogP contribution in [-0.4, -0.2) is 34.7 Å². The standard InChI is InChI=1S/C24H24N4O2/c29-20-8-4-7-19-22(20)18(11-15-5-2-1-3-6-15)23(27-19)16-9-10-26-21(12-16)28-24(30)17-13-25-14-17/h1-3,5-6,9-10,12,17,25,27H,4,7-8,11,13-14H2,(H,26,28,30). The molecule has 5 rings (SSSR count). The van der Waals surface area contributed by atoms with Crippen LogP contribution in [0, 0.1) is 5.92 Å². The molecule has 0 bridgehead atoms. The molecule has 3 heterocycles. The van der Waals surface area contributed by atoms with Gasteiger partial charge in [0.15, 0.2) is 5.78 Å². The molecular formula is C24H24N4O2. The Labute approximate surface area is 175 Å². The van der Waals surface area contributed by atoms with E-state index in [1.165, 1.54) is 5.56 Å². The number of carbonyl (C=O) groups excluding carboxylic acids is 2. The van der Waals surface area contributed by atoms with Crippen LogP contribution in [0.1, 0.15) is 40.0 Å². The van der Waals surface area contributed by atoms with Crippen LogP contribution in [0.3, 0.4) is 0 Å². The lowest BCUT2D eigenvalue weighted by atomic mass is 9.90. The Morgan fingerprint density at radius 1 is 1.13 bits per heavy atom. The van der Waals surface area contributed by atoms with Crippen molar-refractivity contribution in [2.45, 2.75) is 25.7 Å². The molecule has 1 aromatic carbocycles. The van der Waals surface area contributed by atoms with Crippen LogP contribution in [0.15, 0.2) is 48.7 Å². The molecule has 3 aromatic rings. The molecule has 2 aromatic heterocycles. The van der Waals surface area contributed by atoms with Crippen molar-refractivity contribution in [1.82, 2.24) is 15.3 Å². The maximum Gasteiger partial charge on any atom is 0.231 e. The summed E-state index contributed by atoms with van der Waals surface area (Å²) >= 11 is 0. The number of hydrogen-bond acceptors (Lipinski definition) is 4. The van der Waals surface area contributed by atoms with Gasteiger partial charge in [0.2, 0.25) is 5.91 Å². The van der Waals surface area contributed by atoms with E-state index in [2.05, 4.69) is 32.7 Å².